The standard InChI is InChI=1S/C28H39N5O4S2/c29-28-31-22-14-13-21(17-25(22)38-28)30-26(34)24-12-7-15-33(24)27(35)23(16-19-8-3-1-4-9-19)32-39(36,37)18-20-10-5-2-6-11-20/h2,5-6,10-11,19,21,23-24,32H,1,3-4,7-9,12-18H2,(H2,29,31)(H,30,34)/t21-,23+,24-/m0/s1. The van der Waals surface area contributed by atoms with Gasteiger partial charge in [0.25, 0.3) is 0 Å². The van der Waals surface area contributed by atoms with Crippen LogP contribution in [0.3, 0.4) is 0 Å². The summed E-state index contributed by atoms with van der Waals surface area (Å²) in [6, 6.07) is 7.52. The van der Waals surface area contributed by atoms with E-state index in [0.717, 1.165) is 55.5 Å². The van der Waals surface area contributed by atoms with Crippen molar-refractivity contribution in [2.75, 3.05) is 12.3 Å². The minimum atomic E-state index is -3.76. The number of benzene rings is 1. The molecule has 39 heavy (non-hydrogen) atoms. The molecule has 0 spiro atoms. The van der Waals surface area contributed by atoms with Crippen molar-refractivity contribution in [3.63, 3.8) is 0 Å². The Morgan fingerprint density at radius 3 is 2.62 bits per heavy atom. The minimum absolute atomic E-state index is 0.0233. The quantitative estimate of drug-likeness (QED) is 0.422. The van der Waals surface area contributed by atoms with Crippen LogP contribution in [0, 0.1) is 5.92 Å². The first-order chi connectivity index (χ1) is 18.8. The molecule has 1 aliphatic heterocycles. The molecule has 2 heterocycles. The van der Waals surface area contributed by atoms with Crippen molar-refractivity contribution >= 4 is 38.3 Å². The lowest BCUT2D eigenvalue weighted by Gasteiger charge is -2.32. The number of hydrogen-bond donors (Lipinski definition) is 3. The lowest BCUT2D eigenvalue weighted by molar-refractivity contribution is -0.140. The molecule has 3 aliphatic rings. The summed E-state index contributed by atoms with van der Waals surface area (Å²) >= 11 is 1.47. The van der Waals surface area contributed by atoms with Crippen LogP contribution in [-0.4, -0.2) is 54.8 Å². The van der Waals surface area contributed by atoms with E-state index in [0.29, 0.717) is 42.4 Å². The lowest BCUT2D eigenvalue weighted by atomic mass is 9.84. The molecule has 9 nitrogen and oxygen atoms in total. The summed E-state index contributed by atoms with van der Waals surface area (Å²) in [5.41, 5.74) is 7.56. The number of aryl methyl sites for hydroxylation is 1. The Morgan fingerprint density at radius 2 is 1.85 bits per heavy atom. The van der Waals surface area contributed by atoms with Crippen LogP contribution < -0.4 is 15.8 Å². The third kappa shape index (κ3) is 7.18. The second-order valence-electron chi connectivity index (χ2n) is 11.2. The number of aromatic nitrogens is 1. The molecule has 1 saturated carbocycles. The van der Waals surface area contributed by atoms with Crippen LogP contribution in [-0.2, 0) is 38.2 Å². The van der Waals surface area contributed by atoms with E-state index in [1.807, 2.05) is 6.07 Å². The summed E-state index contributed by atoms with van der Waals surface area (Å²) in [4.78, 5) is 34.4. The number of anilines is 1. The predicted octanol–water partition coefficient (Wildman–Crippen LogP) is 3.15. The highest BCUT2D eigenvalue weighted by molar-refractivity contribution is 7.88. The number of carbonyl (C=O) groups is 2. The number of likely N-dealkylation sites (tertiary alicyclic amines) is 1. The smallest absolute Gasteiger partial charge is 0.243 e. The molecule has 11 heteroatoms. The number of nitrogens with two attached hydrogens (primary N) is 1. The average Bonchev–Trinajstić information content (AvgIpc) is 3.54. The molecule has 212 valence electrons. The summed E-state index contributed by atoms with van der Waals surface area (Å²) in [5.74, 6) is -0.325. The molecule has 5 rings (SSSR count). The van der Waals surface area contributed by atoms with E-state index in [1.54, 1.807) is 29.2 Å². The third-order valence-corrected chi connectivity index (χ3v) is 10.6. The molecular formula is C28H39N5O4S2. The first-order valence-electron chi connectivity index (χ1n) is 14.2. The van der Waals surface area contributed by atoms with Gasteiger partial charge in [-0.05, 0) is 43.6 Å². The highest BCUT2D eigenvalue weighted by Crippen LogP contribution is 2.30. The molecule has 0 radical (unpaired) electrons. The molecule has 1 saturated heterocycles. The van der Waals surface area contributed by atoms with E-state index in [2.05, 4.69) is 15.0 Å². The molecule has 1 aromatic heterocycles. The number of nitrogens with one attached hydrogen (secondary N) is 2. The van der Waals surface area contributed by atoms with E-state index < -0.39 is 22.1 Å². The molecule has 0 bridgehead atoms. The van der Waals surface area contributed by atoms with Crippen molar-refractivity contribution in [3.05, 3.63) is 46.5 Å². The Hall–Kier alpha value is -2.50. The van der Waals surface area contributed by atoms with Gasteiger partial charge in [0, 0.05) is 23.9 Å². The number of hydrogen-bond acceptors (Lipinski definition) is 7. The van der Waals surface area contributed by atoms with Gasteiger partial charge in [-0.15, -0.1) is 11.3 Å². The van der Waals surface area contributed by atoms with Crippen molar-refractivity contribution in [2.45, 2.75) is 94.5 Å². The van der Waals surface area contributed by atoms with Gasteiger partial charge in [0.2, 0.25) is 21.8 Å². The SMILES string of the molecule is Nc1nc2c(s1)C[C@@H](NC(=O)[C@@H]1CCCN1C(=O)[C@@H](CC1CCCCC1)NS(=O)(=O)Cc1ccccc1)CC2. The van der Waals surface area contributed by atoms with E-state index in [1.165, 1.54) is 17.8 Å². The first-order valence-corrected chi connectivity index (χ1v) is 16.6. The number of rotatable bonds is 9. The van der Waals surface area contributed by atoms with Crippen molar-refractivity contribution in [1.29, 1.82) is 0 Å². The summed E-state index contributed by atoms with van der Waals surface area (Å²) in [6.07, 6.45) is 9.40. The van der Waals surface area contributed by atoms with Gasteiger partial charge in [-0.3, -0.25) is 9.59 Å². The number of nitrogen functional groups attached to an aromatic ring is 1. The number of sulfonamides is 1. The van der Waals surface area contributed by atoms with E-state index in [4.69, 9.17) is 5.73 Å². The molecule has 0 unspecified atom stereocenters. The van der Waals surface area contributed by atoms with Gasteiger partial charge in [-0.25, -0.2) is 18.1 Å². The predicted molar refractivity (Wildman–Crippen MR) is 152 cm³/mol. The molecule has 2 amide bonds. The maximum atomic E-state index is 13.9. The Kier molecular flexibility index (Phi) is 8.88. The second kappa shape index (κ2) is 12.3. The maximum absolute atomic E-state index is 13.9. The second-order valence-corrected chi connectivity index (χ2v) is 14.1. The Morgan fingerprint density at radius 1 is 1.08 bits per heavy atom. The molecular weight excluding hydrogens is 534 g/mol. The topological polar surface area (TPSA) is 134 Å². The molecule has 3 atom stereocenters. The molecule has 4 N–H and O–H groups in total. The fraction of sp³-hybridized carbons (Fsp3) is 0.607. The van der Waals surface area contributed by atoms with Gasteiger partial charge in [-0.1, -0.05) is 62.4 Å². The normalized spacial score (nSPS) is 22.8. The fourth-order valence-electron chi connectivity index (χ4n) is 6.33. The highest BCUT2D eigenvalue weighted by atomic mass is 32.2. The van der Waals surface area contributed by atoms with E-state index in [9.17, 15) is 18.0 Å². The van der Waals surface area contributed by atoms with Crippen molar-refractivity contribution in [2.24, 2.45) is 5.92 Å². The first kappa shape index (κ1) is 28.0. The largest absolute Gasteiger partial charge is 0.375 e. The van der Waals surface area contributed by atoms with Gasteiger partial charge in [0.1, 0.15) is 12.1 Å². The van der Waals surface area contributed by atoms with Gasteiger partial charge >= 0.3 is 0 Å². The lowest BCUT2D eigenvalue weighted by Crippen LogP contribution is -2.55. The fourth-order valence-corrected chi connectivity index (χ4v) is 8.63. The van der Waals surface area contributed by atoms with Crippen LogP contribution >= 0.6 is 11.3 Å². The van der Waals surface area contributed by atoms with Crippen molar-refractivity contribution in [3.8, 4) is 0 Å². The highest BCUT2D eigenvalue weighted by Gasteiger charge is 2.40. The van der Waals surface area contributed by atoms with Gasteiger partial charge in [0.15, 0.2) is 5.13 Å². The zero-order valence-electron chi connectivity index (χ0n) is 22.3. The number of fused-ring (bicyclic) bond motifs is 1. The summed E-state index contributed by atoms with van der Waals surface area (Å²) in [5, 5.41) is 3.72. The number of thiazole rings is 1. The average molecular weight is 574 g/mol. The zero-order valence-corrected chi connectivity index (χ0v) is 23.9. The number of nitrogens with zero attached hydrogens (tertiary/aromatic N) is 2. The third-order valence-electron chi connectivity index (χ3n) is 8.25. The minimum Gasteiger partial charge on any atom is -0.375 e. The van der Waals surface area contributed by atoms with Crippen LogP contribution in [0.1, 0.15) is 73.9 Å². The van der Waals surface area contributed by atoms with E-state index >= 15 is 0 Å². The number of carbonyl (C=O) groups excluding carboxylic acids is 2. The molecule has 1 aromatic carbocycles. The van der Waals surface area contributed by atoms with E-state index in [-0.39, 0.29) is 23.6 Å². The van der Waals surface area contributed by atoms with Crippen LogP contribution in [0.15, 0.2) is 30.3 Å². The molecule has 2 aromatic rings. The van der Waals surface area contributed by atoms with Gasteiger partial charge < -0.3 is 16.0 Å². The van der Waals surface area contributed by atoms with Crippen molar-refractivity contribution < 1.29 is 18.0 Å². The summed E-state index contributed by atoms with van der Waals surface area (Å²) in [6.45, 7) is 0.457. The zero-order chi connectivity index (χ0) is 27.4. The van der Waals surface area contributed by atoms with Gasteiger partial charge in [-0.2, -0.15) is 0 Å². The molecule has 2 fully saturated rings. The number of amides is 2. The summed E-state index contributed by atoms with van der Waals surface area (Å²) < 4.78 is 29.1. The van der Waals surface area contributed by atoms with Crippen LogP contribution in [0.2, 0.25) is 0 Å². The Bertz CT molecular complexity index is 1260. The van der Waals surface area contributed by atoms with Gasteiger partial charge in [0.05, 0.1) is 11.4 Å². The summed E-state index contributed by atoms with van der Waals surface area (Å²) in [7, 11) is -3.76. The Labute approximate surface area is 235 Å². The molecule has 2 aliphatic carbocycles. The Balaban J connectivity index is 1.27. The van der Waals surface area contributed by atoms with Crippen LogP contribution in [0.25, 0.3) is 0 Å². The van der Waals surface area contributed by atoms with Crippen molar-refractivity contribution in [1.82, 2.24) is 19.9 Å². The van der Waals surface area contributed by atoms with Crippen LogP contribution in [0.4, 0.5) is 5.13 Å². The monoisotopic (exact) mass is 573 g/mol. The maximum Gasteiger partial charge on any atom is 0.243 e. The van der Waals surface area contributed by atoms with Crippen LogP contribution in [0.5, 0.6) is 0 Å².